The van der Waals surface area contributed by atoms with Crippen LogP contribution in [-0.4, -0.2) is 50.0 Å². The van der Waals surface area contributed by atoms with Crippen LogP contribution in [-0.2, 0) is 19.1 Å². The molecular weight excluding hydrogens is 610 g/mol. The number of thiazole rings is 1. The molecule has 0 unspecified atom stereocenters. The quantitative estimate of drug-likeness (QED) is 0.224. The summed E-state index contributed by atoms with van der Waals surface area (Å²) in [6.45, 7) is 5.14. The number of nitriles is 1. The van der Waals surface area contributed by atoms with Gasteiger partial charge in [0.2, 0.25) is 0 Å². The third kappa shape index (κ3) is 6.36. The fourth-order valence-corrected chi connectivity index (χ4v) is 6.20. The normalized spacial score (nSPS) is 14.2. The summed E-state index contributed by atoms with van der Waals surface area (Å²) in [6.07, 6.45) is 1.73. The van der Waals surface area contributed by atoms with E-state index in [1.165, 1.54) is 23.0 Å². The Morgan fingerprint density at radius 3 is 2.54 bits per heavy atom. The molecule has 1 aliphatic heterocycles. The van der Waals surface area contributed by atoms with Gasteiger partial charge in [0.15, 0.2) is 29.5 Å². The first-order chi connectivity index (χ1) is 22.3. The average molecular weight is 642 g/mol. The number of carbonyl (C=O) groups excluding carboxylic acids is 2. The largest absolute Gasteiger partial charge is 0.490 e. The van der Waals surface area contributed by atoms with Gasteiger partial charge in [-0.05, 0) is 61.4 Å². The fraction of sp³-hybridized carbons (Fsp3) is 0.265. The summed E-state index contributed by atoms with van der Waals surface area (Å²) >= 11 is 1.17. The van der Waals surface area contributed by atoms with Gasteiger partial charge in [-0.1, -0.05) is 47.7 Å². The Kier molecular flexibility index (Phi) is 9.83. The van der Waals surface area contributed by atoms with Gasteiger partial charge in [0.1, 0.15) is 11.8 Å². The van der Waals surface area contributed by atoms with Crippen molar-refractivity contribution in [1.29, 1.82) is 5.26 Å². The van der Waals surface area contributed by atoms with E-state index in [-0.39, 0.29) is 31.0 Å². The Morgan fingerprint density at radius 1 is 1.02 bits per heavy atom. The van der Waals surface area contributed by atoms with Crippen LogP contribution in [0.25, 0.3) is 16.8 Å². The second-order valence-corrected chi connectivity index (χ2v) is 11.0. The van der Waals surface area contributed by atoms with Gasteiger partial charge in [-0.3, -0.25) is 9.36 Å². The van der Waals surface area contributed by atoms with Crippen molar-refractivity contribution in [1.82, 2.24) is 4.57 Å². The molecule has 12 heteroatoms. The number of benzene rings is 3. The molecule has 2 heterocycles. The number of allylic oxidation sites excluding steroid dienone is 1. The van der Waals surface area contributed by atoms with Crippen molar-refractivity contribution in [3.63, 3.8) is 0 Å². The van der Waals surface area contributed by atoms with Gasteiger partial charge < -0.3 is 23.7 Å². The number of methoxy groups -OCH3 is 1. The van der Waals surface area contributed by atoms with E-state index in [4.69, 9.17) is 24.2 Å². The first kappa shape index (κ1) is 32.0. The first-order valence-corrected chi connectivity index (χ1v) is 15.3. The lowest BCUT2D eigenvalue weighted by Gasteiger charge is -2.25. The predicted octanol–water partition coefficient (Wildman–Crippen LogP) is 3.80. The summed E-state index contributed by atoms with van der Waals surface area (Å²) in [5, 5.41) is 10.9. The predicted molar refractivity (Wildman–Crippen MR) is 171 cm³/mol. The molecule has 4 aromatic rings. The number of carbonyl (C=O) groups is 2. The smallest absolute Gasteiger partial charge is 0.343 e. The van der Waals surface area contributed by atoms with Gasteiger partial charge in [0, 0.05) is 5.56 Å². The minimum Gasteiger partial charge on any atom is -0.490 e. The van der Waals surface area contributed by atoms with Crippen LogP contribution in [0.15, 0.2) is 75.7 Å². The summed E-state index contributed by atoms with van der Waals surface area (Å²) in [5.41, 5.74) is 1.41. The maximum atomic E-state index is 14.3. The molecule has 1 aliphatic rings. The highest BCUT2D eigenvalue weighted by molar-refractivity contribution is 7.07. The molecule has 0 radical (unpaired) electrons. The number of nitrogens with zero attached hydrogens (tertiary/aromatic N) is 3. The molecule has 1 atom stereocenters. The fourth-order valence-electron chi connectivity index (χ4n) is 5.18. The second-order valence-electron chi connectivity index (χ2n) is 9.95. The highest BCUT2D eigenvalue weighted by atomic mass is 32.1. The van der Waals surface area contributed by atoms with Crippen molar-refractivity contribution in [2.45, 2.75) is 26.8 Å². The Balaban J connectivity index is 1.72. The number of ether oxygens (including phenoxy) is 5. The Morgan fingerprint density at radius 2 is 1.80 bits per heavy atom. The lowest BCUT2D eigenvalue weighted by molar-refractivity contribution is -0.143. The molecule has 5 rings (SSSR count). The van der Waals surface area contributed by atoms with E-state index < -0.39 is 18.0 Å². The standard InChI is InChI=1S/C34H31N3O8S/c1-5-42-27-17-22(12-14-26(27)45-19-29(38)41-4)31-30(33(40)43-6-2)20(3)36-34-37(31)32(39)28(46-34)18-24-23-10-8-7-9-21(23)11-13-25(24)44-16-15-35/h7-14,17-18,31H,5-6,16,19H2,1-4H3/b28-18+/t31-/m1/s1. The van der Waals surface area contributed by atoms with E-state index in [0.717, 1.165) is 10.8 Å². The van der Waals surface area contributed by atoms with Crippen LogP contribution >= 0.6 is 11.3 Å². The van der Waals surface area contributed by atoms with E-state index in [1.54, 1.807) is 51.1 Å². The van der Waals surface area contributed by atoms with Gasteiger partial charge in [0.05, 0.1) is 42.2 Å². The number of hydrogen-bond acceptors (Lipinski definition) is 11. The van der Waals surface area contributed by atoms with Crippen molar-refractivity contribution in [2.75, 3.05) is 33.5 Å². The van der Waals surface area contributed by atoms with Crippen molar-refractivity contribution < 1.29 is 33.3 Å². The third-order valence-corrected chi connectivity index (χ3v) is 8.15. The molecule has 0 spiro atoms. The van der Waals surface area contributed by atoms with Gasteiger partial charge in [-0.15, -0.1) is 0 Å². The third-order valence-electron chi connectivity index (χ3n) is 7.17. The van der Waals surface area contributed by atoms with Crippen molar-refractivity contribution in [3.05, 3.63) is 96.7 Å². The van der Waals surface area contributed by atoms with Crippen LogP contribution < -0.4 is 29.1 Å². The molecular formula is C34H31N3O8S. The van der Waals surface area contributed by atoms with E-state index >= 15 is 0 Å². The number of hydrogen-bond donors (Lipinski definition) is 0. The lowest BCUT2D eigenvalue weighted by atomic mass is 9.95. The number of esters is 2. The van der Waals surface area contributed by atoms with E-state index in [9.17, 15) is 14.4 Å². The van der Waals surface area contributed by atoms with Crippen molar-refractivity contribution in [3.8, 4) is 23.3 Å². The minimum atomic E-state index is -0.909. The van der Waals surface area contributed by atoms with Crippen molar-refractivity contribution in [2.24, 2.45) is 4.99 Å². The Bertz CT molecular complexity index is 2070. The second kappa shape index (κ2) is 14.1. The van der Waals surface area contributed by atoms with Gasteiger partial charge in [0.25, 0.3) is 5.56 Å². The molecule has 46 heavy (non-hydrogen) atoms. The summed E-state index contributed by atoms with van der Waals surface area (Å²) in [5.74, 6) is -0.0982. The molecule has 0 aliphatic carbocycles. The zero-order chi connectivity index (χ0) is 32.8. The van der Waals surface area contributed by atoms with Crippen LogP contribution in [0.5, 0.6) is 17.2 Å². The molecule has 0 bridgehead atoms. The topological polar surface area (TPSA) is 138 Å². The highest BCUT2D eigenvalue weighted by Crippen LogP contribution is 2.36. The average Bonchev–Trinajstić information content (AvgIpc) is 3.36. The maximum Gasteiger partial charge on any atom is 0.343 e. The van der Waals surface area contributed by atoms with Crippen LogP contribution in [0.3, 0.4) is 0 Å². The molecule has 0 saturated carbocycles. The Labute approximate surface area is 268 Å². The molecule has 11 nitrogen and oxygen atoms in total. The van der Waals surface area contributed by atoms with E-state index in [1.807, 2.05) is 36.4 Å². The monoisotopic (exact) mass is 641 g/mol. The summed E-state index contributed by atoms with van der Waals surface area (Å²) in [4.78, 5) is 44.4. The summed E-state index contributed by atoms with van der Waals surface area (Å²) in [6, 6.07) is 17.4. The molecule has 0 amide bonds. The zero-order valence-electron chi connectivity index (χ0n) is 25.7. The summed E-state index contributed by atoms with van der Waals surface area (Å²) < 4.78 is 29.1. The number of rotatable bonds is 11. The number of aromatic nitrogens is 1. The van der Waals surface area contributed by atoms with Gasteiger partial charge in [-0.25, -0.2) is 14.6 Å². The lowest BCUT2D eigenvalue weighted by Crippen LogP contribution is -2.40. The summed E-state index contributed by atoms with van der Waals surface area (Å²) in [7, 11) is 1.26. The van der Waals surface area contributed by atoms with Crippen LogP contribution in [0.2, 0.25) is 0 Å². The van der Waals surface area contributed by atoms with Crippen molar-refractivity contribution >= 4 is 40.1 Å². The van der Waals surface area contributed by atoms with E-state index in [0.29, 0.717) is 50.0 Å². The van der Waals surface area contributed by atoms with Crippen LogP contribution in [0, 0.1) is 11.3 Å². The molecule has 236 valence electrons. The molecule has 0 saturated heterocycles. The zero-order valence-corrected chi connectivity index (χ0v) is 26.5. The molecule has 1 aromatic heterocycles. The van der Waals surface area contributed by atoms with E-state index in [2.05, 4.69) is 9.73 Å². The molecule has 3 aromatic carbocycles. The minimum absolute atomic E-state index is 0.129. The van der Waals surface area contributed by atoms with Gasteiger partial charge >= 0.3 is 11.9 Å². The first-order valence-electron chi connectivity index (χ1n) is 14.5. The van der Waals surface area contributed by atoms with Gasteiger partial charge in [-0.2, -0.15) is 5.26 Å². The Hall–Kier alpha value is -5.41. The highest BCUT2D eigenvalue weighted by Gasteiger charge is 2.34. The number of fused-ring (bicyclic) bond motifs is 2. The maximum absolute atomic E-state index is 14.3. The molecule has 0 N–H and O–H groups in total. The molecule has 0 fully saturated rings. The SMILES string of the molecule is CCOC(=O)C1=C(C)N=c2s/c(=C/c3c(OCC#N)ccc4ccccc34)c(=O)n2[C@@H]1c1ccc(OCC(=O)OC)c(OCC)c1. The van der Waals surface area contributed by atoms with Crippen LogP contribution in [0.4, 0.5) is 0 Å². The van der Waals surface area contributed by atoms with Crippen LogP contribution in [0.1, 0.15) is 37.9 Å².